The minimum atomic E-state index is -0.451. The van der Waals surface area contributed by atoms with Crippen LogP contribution in [0.4, 0.5) is 5.13 Å². The molecule has 0 saturated heterocycles. The number of anilines is 1. The average molecular weight is 317 g/mol. The number of ether oxygens (including phenoxy) is 1. The normalized spacial score (nSPS) is 10.4. The first-order chi connectivity index (χ1) is 10.7. The molecule has 1 amide bonds. The van der Waals surface area contributed by atoms with Crippen LogP contribution in [0, 0.1) is 0 Å². The molecule has 0 unspecified atom stereocenters. The Morgan fingerprint density at radius 2 is 2.32 bits per heavy atom. The molecule has 112 valence electrons. The van der Waals surface area contributed by atoms with Gasteiger partial charge in [-0.25, -0.2) is 9.78 Å². The lowest BCUT2D eigenvalue weighted by atomic mass is 10.2. The van der Waals surface area contributed by atoms with Crippen molar-refractivity contribution in [2.75, 3.05) is 12.4 Å². The van der Waals surface area contributed by atoms with Crippen molar-refractivity contribution in [3.05, 3.63) is 47.5 Å². The zero-order chi connectivity index (χ0) is 15.5. The fourth-order valence-corrected chi connectivity index (χ4v) is 2.51. The van der Waals surface area contributed by atoms with Crippen LogP contribution in [0.5, 0.6) is 0 Å². The van der Waals surface area contributed by atoms with Crippen molar-refractivity contribution in [2.45, 2.75) is 0 Å². The number of esters is 1. The molecule has 0 radical (unpaired) electrons. The van der Waals surface area contributed by atoms with Gasteiger partial charge in [0.1, 0.15) is 5.69 Å². The van der Waals surface area contributed by atoms with Gasteiger partial charge in [-0.15, -0.1) is 11.3 Å². The van der Waals surface area contributed by atoms with E-state index in [1.807, 2.05) is 0 Å². The van der Waals surface area contributed by atoms with Gasteiger partial charge in [-0.2, -0.15) is 0 Å². The topological polar surface area (TPSA) is 97.2 Å². The van der Waals surface area contributed by atoms with E-state index < -0.39 is 5.97 Å². The summed E-state index contributed by atoms with van der Waals surface area (Å²) in [6.45, 7) is 0. The third-order valence-corrected chi connectivity index (χ3v) is 3.61. The maximum absolute atomic E-state index is 11.8. The number of furan rings is 1. The van der Waals surface area contributed by atoms with E-state index in [2.05, 4.69) is 20.0 Å². The Morgan fingerprint density at radius 3 is 3.05 bits per heavy atom. The van der Waals surface area contributed by atoms with Gasteiger partial charge in [0.2, 0.25) is 0 Å². The number of amides is 1. The van der Waals surface area contributed by atoms with Crippen molar-refractivity contribution < 1.29 is 18.7 Å². The molecule has 3 heterocycles. The molecule has 0 spiro atoms. The fourth-order valence-electron chi connectivity index (χ4n) is 1.80. The van der Waals surface area contributed by atoms with Crippen molar-refractivity contribution in [3.8, 4) is 11.3 Å². The van der Waals surface area contributed by atoms with Crippen molar-refractivity contribution in [2.24, 2.45) is 0 Å². The van der Waals surface area contributed by atoms with Crippen molar-refractivity contribution >= 4 is 28.3 Å². The number of H-pyrrole nitrogens is 1. The van der Waals surface area contributed by atoms with Gasteiger partial charge in [-0.05, 0) is 18.2 Å². The van der Waals surface area contributed by atoms with Gasteiger partial charge in [0.25, 0.3) is 5.91 Å². The van der Waals surface area contributed by atoms with E-state index in [1.54, 1.807) is 29.8 Å². The SMILES string of the molecule is COC(=O)c1cc(-c2csc(NC(=O)c3ccco3)n2)c[nH]1. The lowest BCUT2D eigenvalue weighted by Crippen LogP contribution is -2.10. The van der Waals surface area contributed by atoms with Gasteiger partial charge >= 0.3 is 5.97 Å². The molecule has 0 aromatic carbocycles. The number of thiazole rings is 1. The third kappa shape index (κ3) is 2.77. The molecule has 2 N–H and O–H groups in total. The molecule has 3 rings (SSSR count). The highest BCUT2D eigenvalue weighted by atomic mass is 32.1. The Kier molecular flexibility index (Phi) is 3.75. The predicted octanol–water partition coefficient (Wildman–Crippen LogP) is 2.77. The molecule has 8 heteroatoms. The van der Waals surface area contributed by atoms with Crippen molar-refractivity contribution in [3.63, 3.8) is 0 Å². The third-order valence-electron chi connectivity index (χ3n) is 2.85. The minimum Gasteiger partial charge on any atom is -0.464 e. The molecule has 0 fully saturated rings. The zero-order valence-electron chi connectivity index (χ0n) is 11.5. The Balaban J connectivity index is 1.75. The van der Waals surface area contributed by atoms with E-state index in [0.717, 1.165) is 5.56 Å². The highest BCUT2D eigenvalue weighted by molar-refractivity contribution is 7.14. The van der Waals surface area contributed by atoms with Crippen LogP contribution < -0.4 is 5.32 Å². The lowest BCUT2D eigenvalue weighted by molar-refractivity contribution is 0.0594. The number of aromatic amines is 1. The summed E-state index contributed by atoms with van der Waals surface area (Å²) in [7, 11) is 1.31. The number of nitrogens with zero attached hydrogens (tertiary/aromatic N) is 1. The first-order valence-corrected chi connectivity index (χ1v) is 7.13. The van der Waals surface area contributed by atoms with Gasteiger partial charge < -0.3 is 14.1 Å². The number of rotatable bonds is 4. The van der Waals surface area contributed by atoms with Crippen LogP contribution in [0.3, 0.4) is 0 Å². The monoisotopic (exact) mass is 317 g/mol. The van der Waals surface area contributed by atoms with Crippen LogP contribution in [0.1, 0.15) is 21.0 Å². The standard InChI is InChI=1S/C14H11N3O4S/c1-20-13(19)9-5-8(6-15-9)10-7-22-14(16-10)17-12(18)11-3-2-4-21-11/h2-7,15H,1H3,(H,16,17,18). The van der Waals surface area contributed by atoms with Crippen molar-refractivity contribution in [1.82, 2.24) is 9.97 Å². The Bertz CT molecular complexity index is 804. The molecular formula is C14H11N3O4S. The number of carbonyl (C=O) groups is 2. The smallest absolute Gasteiger partial charge is 0.354 e. The number of carbonyl (C=O) groups excluding carboxylic acids is 2. The quantitative estimate of drug-likeness (QED) is 0.721. The van der Waals surface area contributed by atoms with E-state index in [-0.39, 0.29) is 11.7 Å². The second-order valence-corrected chi connectivity index (χ2v) is 5.12. The zero-order valence-corrected chi connectivity index (χ0v) is 12.3. The van der Waals surface area contributed by atoms with Crippen LogP contribution >= 0.6 is 11.3 Å². The molecule has 22 heavy (non-hydrogen) atoms. The van der Waals surface area contributed by atoms with Gasteiger partial charge in [-0.1, -0.05) is 0 Å². The predicted molar refractivity (Wildman–Crippen MR) is 79.9 cm³/mol. The molecule has 3 aromatic heterocycles. The molecule has 0 aliphatic rings. The highest BCUT2D eigenvalue weighted by Gasteiger charge is 2.14. The molecule has 0 saturated carbocycles. The van der Waals surface area contributed by atoms with Gasteiger partial charge in [0, 0.05) is 17.1 Å². The van der Waals surface area contributed by atoms with Crippen LogP contribution in [-0.4, -0.2) is 29.0 Å². The van der Waals surface area contributed by atoms with Crippen molar-refractivity contribution in [1.29, 1.82) is 0 Å². The summed E-state index contributed by atoms with van der Waals surface area (Å²) in [5.41, 5.74) is 1.72. The highest BCUT2D eigenvalue weighted by Crippen LogP contribution is 2.26. The Morgan fingerprint density at radius 1 is 1.45 bits per heavy atom. The molecule has 0 aliphatic heterocycles. The summed E-state index contributed by atoms with van der Waals surface area (Å²) < 4.78 is 9.64. The Hall–Kier alpha value is -2.87. The van der Waals surface area contributed by atoms with E-state index in [0.29, 0.717) is 16.5 Å². The summed E-state index contributed by atoms with van der Waals surface area (Å²) >= 11 is 1.28. The number of methoxy groups -OCH3 is 1. The van der Waals surface area contributed by atoms with Crippen LogP contribution in [0.25, 0.3) is 11.3 Å². The van der Waals surface area contributed by atoms with E-state index in [9.17, 15) is 9.59 Å². The first-order valence-electron chi connectivity index (χ1n) is 6.25. The molecule has 7 nitrogen and oxygen atoms in total. The average Bonchev–Trinajstić information content (AvgIpc) is 3.25. The minimum absolute atomic E-state index is 0.214. The molecule has 3 aromatic rings. The van der Waals surface area contributed by atoms with E-state index >= 15 is 0 Å². The number of aromatic nitrogens is 2. The summed E-state index contributed by atoms with van der Waals surface area (Å²) in [5.74, 6) is -0.602. The van der Waals surface area contributed by atoms with Crippen LogP contribution in [0.15, 0.2) is 40.5 Å². The summed E-state index contributed by atoms with van der Waals surface area (Å²) in [6.07, 6.45) is 3.08. The van der Waals surface area contributed by atoms with Gasteiger partial charge in [0.15, 0.2) is 10.9 Å². The molecule has 0 aliphatic carbocycles. The fraction of sp³-hybridized carbons (Fsp3) is 0.0714. The van der Waals surface area contributed by atoms with Gasteiger partial charge in [-0.3, -0.25) is 10.1 Å². The second kappa shape index (κ2) is 5.86. The van der Waals surface area contributed by atoms with Crippen LogP contribution in [-0.2, 0) is 4.74 Å². The largest absolute Gasteiger partial charge is 0.464 e. The Labute approximate surface area is 128 Å². The summed E-state index contributed by atoms with van der Waals surface area (Å²) in [4.78, 5) is 30.4. The first kappa shape index (κ1) is 14.1. The number of hydrogen-bond donors (Lipinski definition) is 2. The molecular weight excluding hydrogens is 306 g/mol. The van der Waals surface area contributed by atoms with E-state index in [1.165, 1.54) is 24.7 Å². The molecule has 0 bridgehead atoms. The number of hydrogen-bond acceptors (Lipinski definition) is 6. The maximum atomic E-state index is 11.8. The summed E-state index contributed by atoms with van der Waals surface area (Å²) in [6, 6.07) is 4.84. The van der Waals surface area contributed by atoms with Crippen LogP contribution in [0.2, 0.25) is 0 Å². The van der Waals surface area contributed by atoms with Gasteiger partial charge in [0.05, 0.1) is 19.1 Å². The van der Waals surface area contributed by atoms with E-state index in [4.69, 9.17) is 4.42 Å². The second-order valence-electron chi connectivity index (χ2n) is 4.26. The summed E-state index contributed by atoms with van der Waals surface area (Å²) in [5, 5.41) is 4.87. The maximum Gasteiger partial charge on any atom is 0.354 e. The lowest BCUT2D eigenvalue weighted by Gasteiger charge is -1.97. The molecule has 0 atom stereocenters. The number of nitrogens with one attached hydrogen (secondary N) is 2.